The molecular formula is C24H31N3O6S. The second-order valence-electron chi connectivity index (χ2n) is 8.07. The van der Waals surface area contributed by atoms with Crippen molar-refractivity contribution >= 4 is 27.7 Å². The summed E-state index contributed by atoms with van der Waals surface area (Å²) in [5.74, 6) is -0.0102. The van der Waals surface area contributed by atoms with E-state index in [2.05, 4.69) is 0 Å². The van der Waals surface area contributed by atoms with E-state index in [9.17, 15) is 18.0 Å². The van der Waals surface area contributed by atoms with Gasteiger partial charge in [0.15, 0.2) is 0 Å². The zero-order chi connectivity index (χ0) is 24.9. The summed E-state index contributed by atoms with van der Waals surface area (Å²) in [7, 11) is -2.60. The number of methoxy groups -OCH3 is 1. The van der Waals surface area contributed by atoms with Crippen molar-refractivity contribution in [3.63, 3.8) is 0 Å². The summed E-state index contributed by atoms with van der Waals surface area (Å²) in [5, 5.41) is 0. The van der Waals surface area contributed by atoms with Crippen molar-refractivity contribution in [1.29, 1.82) is 0 Å². The molecule has 0 radical (unpaired) electrons. The van der Waals surface area contributed by atoms with Crippen LogP contribution in [-0.2, 0) is 19.6 Å². The standard InChI is InChI=1S/C24H31N3O6S/c1-5-33-24(29)26-14-12-25(13-15-26)23(28)17-27(21-16-19(3)8-11-22(21)32-4)34(30,31)20-9-6-18(2)7-10-20/h6-11,16H,5,12-15,17H2,1-4H3. The molecule has 2 aromatic rings. The molecule has 1 aliphatic heterocycles. The van der Waals surface area contributed by atoms with E-state index in [4.69, 9.17) is 9.47 Å². The molecule has 2 aromatic carbocycles. The van der Waals surface area contributed by atoms with Gasteiger partial charge in [0, 0.05) is 26.2 Å². The van der Waals surface area contributed by atoms with Gasteiger partial charge in [-0.1, -0.05) is 23.8 Å². The van der Waals surface area contributed by atoms with Gasteiger partial charge in [0.25, 0.3) is 10.0 Å². The number of sulfonamides is 1. The highest BCUT2D eigenvalue weighted by Crippen LogP contribution is 2.33. The number of benzene rings is 2. The summed E-state index contributed by atoms with van der Waals surface area (Å²) in [6.45, 7) is 6.57. The van der Waals surface area contributed by atoms with Gasteiger partial charge in [0.2, 0.25) is 5.91 Å². The lowest BCUT2D eigenvalue weighted by molar-refractivity contribution is -0.131. The van der Waals surface area contributed by atoms with E-state index in [1.807, 2.05) is 19.9 Å². The highest BCUT2D eigenvalue weighted by Gasteiger charge is 2.32. The zero-order valence-electron chi connectivity index (χ0n) is 20.0. The van der Waals surface area contributed by atoms with Crippen LogP contribution in [0.3, 0.4) is 0 Å². The van der Waals surface area contributed by atoms with Gasteiger partial charge in [-0.3, -0.25) is 9.10 Å². The molecule has 34 heavy (non-hydrogen) atoms. The van der Waals surface area contributed by atoms with E-state index in [1.165, 1.54) is 24.1 Å². The van der Waals surface area contributed by atoms with Gasteiger partial charge in [-0.05, 0) is 50.6 Å². The SMILES string of the molecule is CCOC(=O)N1CCN(C(=O)CN(c2cc(C)ccc2OC)S(=O)(=O)c2ccc(C)cc2)CC1. The molecule has 0 atom stereocenters. The van der Waals surface area contributed by atoms with E-state index in [0.717, 1.165) is 15.4 Å². The van der Waals surface area contributed by atoms with Crippen molar-refractivity contribution in [2.75, 3.05) is 50.7 Å². The number of hydrogen-bond donors (Lipinski definition) is 0. The first-order chi connectivity index (χ1) is 16.2. The molecule has 0 N–H and O–H groups in total. The summed E-state index contributed by atoms with van der Waals surface area (Å²) in [5.41, 5.74) is 2.05. The van der Waals surface area contributed by atoms with Crippen molar-refractivity contribution in [3.8, 4) is 5.75 Å². The maximum Gasteiger partial charge on any atom is 0.409 e. The summed E-state index contributed by atoms with van der Waals surface area (Å²) in [6, 6.07) is 11.7. The molecule has 9 nitrogen and oxygen atoms in total. The van der Waals surface area contributed by atoms with Gasteiger partial charge in [-0.25, -0.2) is 13.2 Å². The predicted molar refractivity (Wildman–Crippen MR) is 129 cm³/mol. The molecular weight excluding hydrogens is 458 g/mol. The molecule has 1 aliphatic rings. The van der Waals surface area contributed by atoms with E-state index < -0.39 is 22.7 Å². The van der Waals surface area contributed by atoms with Crippen LogP contribution in [0.2, 0.25) is 0 Å². The summed E-state index contributed by atoms with van der Waals surface area (Å²) < 4.78 is 38.9. The van der Waals surface area contributed by atoms with Crippen LogP contribution in [0.1, 0.15) is 18.1 Å². The number of carbonyl (C=O) groups is 2. The fourth-order valence-corrected chi connectivity index (χ4v) is 5.12. The van der Waals surface area contributed by atoms with Crippen LogP contribution in [0.5, 0.6) is 5.75 Å². The smallest absolute Gasteiger partial charge is 0.409 e. The molecule has 0 bridgehead atoms. The van der Waals surface area contributed by atoms with Gasteiger partial charge in [-0.15, -0.1) is 0 Å². The van der Waals surface area contributed by atoms with Crippen LogP contribution < -0.4 is 9.04 Å². The van der Waals surface area contributed by atoms with Crippen LogP contribution in [-0.4, -0.2) is 76.7 Å². The Kier molecular flexibility index (Phi) is 8.03. The van der Waals surface area contributed by atoms with Gasteiger partial charge < -0.3 is 19.3 Å². The first kappa shape index (κ1) is 25.4. The minimum Gasteiger partial charge on any atom is -0.495 e. The lowest BCUT2D eigenvalue weighted by atomic mass is 10.2. The van der Waals surface area contributed by atoms with Crippen LogP contribution in [0.4, 0.5) is 10.5 Å². The summed E-state index contributed by atoms with van der Waals surface area (Å²) in [4.78, 5) is 28.4. The van der Waals surface area contributed by atoms with Crippen molar-refractivity contribution in [2.45, 2.75) is 25.7 Å². The number of rotatable bonds is 7. The molecule has 0 saturated carbocycles. The van der Waals surface area contributed by atoms with E-state index in [1.54, 1.807) is 36.1 Å². The molecule has 0 spiro atoms. The van der Waals surface area contributed by atoms with E-state index in [0.29, 0.717) is 37.6 Å². The first-order valence-corrected chi connectivity index (χ1v) is 12.5. The molecule has 1 heterocycles. The van der Waals surface area contributed by atoms with Gasteiger partial charge in [0.05, 0.1) is 24.3 Å². The Morgan fingerprint density at radius 3 is 2.12 bits per heavy atom. The summed E-state index contributed by atoms with van der Waals surface area (Å²) >= 11 is 0. The minimum absolute atomic E-state index is 0.0848. The number of amides is 2. The van der Waals surface area contributed by atoms with E-state index in [-0.39, 0.29) is 17.4 Å². The molecule has 0 aliphatic carbocycles. The second-order valence-corrected chi connectivity index (χ2v) is 9.93. The largest absolute Gasteiger partial charge is 0.495 e. The fourth-order valence-electron chi connectivity index (χ4n) is 3.71. The van der Waals surface area contributed by atoms with Crippen LogP contribution in [0.25, 0.3) is 0 Å². The maximum absolute atomic E-state index is 13.7. The predicted octanol–water partition coefficient (Wildman–Crippen LogP) is 2.81. The van der Waals surface area contributed by atoms with Crippen LogP contribution in [0.15, 0.2) is 47.4 Å². The Labute approximate surface area is 200 Å². The van der Waals surface area contributed by atoms with E-state index >= 15 is 0 Å². The lowest BCUT2D eigenvalue weighted by Crippen LogP contribution is -2.53. The average molecular weight is 490 g/mol. The van der Waals surface area contributed by atoms with Gasteiger partial charge in [-0.2, -0.15) is 0 Å². The molecule has 2 amide bonds. The molecule has 0 unspecified atom stereocenters. The highest BCUT2D eigenvalue weighted by molar-refractivity contribution is 7.92. The highest BCUT2D eigenvalue weighted by atomic mass is 32.2. The summed E-state index contributed by atoms with van der Waals surface area (Å²) in [6.07, 6.45) is -0.414. The normalized spacial score (nSPS) is 14.0. The molecule has 3 rings (SSSR count). The van der Waals surface area contributed by atoms with Crippen molar-refractivity contribution in [1.82, 2.24) is 9.80 Å². The minimum atomic E-state index is -4.06. The van der Waals surface area contributed by atoms with Crippen molar-refractivity contribution in [2.24, 2.45) is 0 Å². The number of piperazine rings is 1. The second kappa shape index (κ2) is 10.8. The third-order valence-electron chi connectivity index (χ3n) is 5.65. The Bertz CT molecular complexity index is 1130. The number of carbonyl (C=O) groups excluding carboxylic acids is 2. The quantitative estimate of drug-likeness (QED) is 0.593. The van der Waals surface area contributed by atoms with Crippen molar-refractivity contribution in [3.05, 3.63) is 53.6 Å². The third-order valence-corrected chi connectivity index (χ3v) is 7.42. The zero-order valence-corrected chi connectivity index (χ0v) is 20.8. The number of nitrogens with zero attached hydrogens (tertiary/aromatic N) is 3. The van der Waals surface area contributed by atoms with Crippen LogP contribution >= 0.6 is 0 Å². The first-order valence-electron chi connectivity index (χ1n) is 11.1. The molecule has 1 saturated heterocycles. The number of ether oxygens (including phenoxy) is 2. The maximum atomic E-state index is 13.7. The Morgan fingerprint density at radius 1 is 0.941 bits per heavy atom. The Morgan fingerprint density at radius 2 is 1.53 bits per heavy atom. The number of anilines is 1. The Hall–Kier alpha value is -3.27. The molecule has 10 heteroatoms. The van der Waals surface area contributed by atoms with Gasteiger partial charge >= 0.3 is 6.09 Å². The number of aryl methyl sites for hydroxylation is 2. The Balaban J connectivity index is 1.90. The molecule has 1 fully saturated rings. The molecule has 184 valence electrons. The van der Waals surface area contributed by atoms with Crippen LogP contribution in [0, 0.1) is 13.8 Å². The fraction of sp³-hybridized carbons (Fsp3) is 0.417. The number of hydrogen-bond acceptors (Lipinski definition) is 6. The monoisotopic (exact) mass is 489 g/mol. The third kappa shape index (κ3) is 5.61. The van der Waals surface area contributed by atoms with Crippen molar-refractivity contribution < 1.29 is 27.5 Å². The lowest BCUT2D eigenvalue weighted by Gasteiger charge is -2.35. The topological polar surface area (TPSA) is 96.5 Å². The van der Waals surface area contributed by atoms with Gasteiger partial charge in [0.1, 0.15) is 12.3 Å². The molecule has 0 aromatic heterocycles. The average Bonchev–Trinajstić information content (AvgIpc) is 2.82.